The Morgan fingerprint density at radius 2 is 2.17 bits per heavy atom. The minimum atomic E-state index is -0.936. The summed E-state index contributed by atoms with van der Waals surface area (Å²) >= 11 is 0. The van der Waals surface area contributed by atoms with Crippen LogP contribution in [0.3, 0.4) is 0 Å². The van der Waals surface area contributed by atoms with Crippen molar-refractivity contribution in [2.24, 2.45) is 0 Å². The van der Waals surface area contributed by atoms with Crippen molar-refractivity contribution in [2.75, 3.05) is 6.54 Å². The molecule has 0 aliphatic rings. The van der Waals surface area contributed by atoms with Gasteiger partial charge in [-0.15, -0.1) is 0 Å². The van der Waals surface area contributed by atoms with Crippen LogP contribution >= 0.6 is 0 Å². The topological polar surface area (TPSA) is 108 Å². The van der Waals surface area contributed by atoms with Crippen molar-refractivity contribution < 1.29 is 14.8 Å². The molecule has 1 amide bonds. The van der Waals surface area contributed by atoms with E-state index in [4.69, 9.17) is 0 Å². The van der Waals surface area contributed by atoms with Crippen LogP contribution in [0.15, 0.2) is 12.3 Å². The largest absolute Gasteiger partial charge is 0.388 e. The molecule has 1 heterocycles. The normalized spacial score (nSPS) is 11.3. The number of rotatable bonds is 6. The number of carbonyl (C=O) groups excluding carboxylic acids is 1. The van der Waals surface area contributed by atoms with Crippen LogP contribution in [-0.4, -0.2) is 33.1 Å². The zero-order chi connectivity index (χ0) is 13.8. The molecule has 0 aliphatic heterocycles. The number of carbonyl (C=O) groups is 1. The highest BCUT2D eigenvalue weighted by molar-refractivity contribution is 5.93. The second-order valence-corrected chi connectivity index (χ2v) is 4.14. The molecule has 7 nitrogen and oxygen atoms in total. The molecule has 0 aromatic carbocycles. The summed E-state index contributed by atoms with van der Waals surface area (Å²) in [7, 11) is 0. The predicted octanol–water partition coefficient (Wildman–Crippen LogP) is 1.20. The molecule has 0 fully saturated rings. The van der Waals surface area contributed by atoms with Crippen LogP contribution in [0.2, 0.25) is 0 Å². The molecule has 0 saturated carbocycles. The number of nitrogens with zero attached hydrogens (tertiary/aromatic N) is 1. The lowest BCUT2D eigenvalue weighted by molar-refractivity contribution is -0.384. The number of hydrogen-bond donors (Lipinski definition) is 3. The maximum absolute atomic E-state index is 11.7. The molecule has 3 N–H and O–H groups in total. The standard InChI is InChI=1S/C11H17N3O4/c1-3-11(16,4-2)7-13-10(15)9-5-8(6-12-9)14(17)18/h5-6,12,16H,3-4,7H2,1-2H3,(H,13,15). The Kier molecular flexibility index (Phi) is 4.43. The first-order valence-corrected chi connectivity index (χ1v) is 5.75. The molecule has 18 heavy (non-hydrogen) atoms. The van der Waals surface area contributed by atoms with Gasteiger partial charge in [-0.2, -0.15) is 0 Å². The van der Waals surface area contributed by atoms with Crippen molar-refractivity contribution in [3.8, 4) is 0 Å². The molecule has 0 bridgehead atoms. The fourth-order valence-corrected chi connectivity index (χ4v) is 1.46. The van der Waals surface area contributed by atoms with E-state index in [9.17, 15) is 20.0 Å². The molecule has 0 radical (unpaired) electrons. The smallest absolute Gasteiger partial charge is 0.287 e. The highest BCUT2D eigenvalue weighted by Gasteiger charge is 2.23. The minimum Gasteiger partial charge on any atom is -0.388 e. The molecule has 0 spiro atoms. The van der Waals surface area contributed by atoms with E-state index in [1.807, 2.05) is 13.8 Å². The third-order valence-electron chi connectivity index (χ3n) is 3.02. The number of nitrogens with one attached hydrogen (secondary N) is 2. The average molecular weight is 255 g/mol. The number of nitro groups is 1. The SMILES string of the molecule is CCC(O)(CC)CNC(=O)c1cc([N+](=O)[O-])c[nH]1. The van der Waals surface area contributed by atoms with Crippen LogP contribution in [0.4, 0.5) is 5.69 Å². The summed E-state index contributed by atoms with van der Waals surface area (Å²) in [6.07, 6.45) is 2.20. The van der Waals surface area contributed by atoms with Crippen LogP contribution in [0.5, 0.6) is 0 Å². The van der Waals surface area contributed by atoms with Crippen molar-refractivity contribution in [3.63, 3.8) is 0 Å². The third kappa shape index (κ3) is 3.30. The summed E-state index contributed by atoms with van der Waals surface area (Å²) in [6, 6.07) is 1.16. The summed E-state index contributed by atoms with van der Waals surface area (Å²) in [5, 5.41) is 23.0. The highest BCUT2D eigenvalue weighted by Crippen LogP contribution is 2.14. The molecular weight excluding hydrogens is 238 g/mol. The Bertz CT molecular complexity index is 437. The summed E-state index contributed by atoms with van der Waals surface area (Å²) in [6.45, 7) is 3.77. The van der Waals surface area contributed by atoms with Gasteiger partial charge in [0.25, 0.3) is 11.6 Å². The van der Waals surface area contributed by atoms with Gasteiger partial charge in [-0.25, -0.2) is 0 Å². The van der Waals surface area contributed by atoms with Crippen LogP contribution < -0.4 is 5.32 Å². The van der Waals surface area contributed by atoms with E-state index in [1.165, 1.54) is 0 Å². The van der Waals surface area contributed by atoms with Gasteiger partial charge in [0, 0.05) is 12.6 Å². The van der Waals surface area contributed by atoms with Crippen LogP contribution in [0.1, 0.15) is 37.2 Å². The quantitative estimate of drug-likeness (QED) is 0.524. The zero-order valence-electron chi connectivity index (χ0n) is 10.4. The molecule has 1 aromatic rings. The first-order valence-electron chi connectivity index (χ1n) is 5.75. The van der Waals surface area contributed by atoms with Gasteiger partial charge >= 0.3 is 0 Å². The molecule has 0 atom stereocenters. The first kappa shape index (κ1) is 14.2. The Labute approximate surface area is 104 Å². The fourth-order valence-electron chi connectivity index (χ4n) is 1.46. The second-order valence-electron chi connectivity index (χ2n) is 4.14. The molecule has 7 heteroatoms. The van der Waals surface area contributed by atoms with Gasteiger partial charge in [0.05, 0.1) is 16.7 Å². The zero-order valence-corrected chi connectivity index (χ0v) is 10.4. The van der Waals surface area contributed by atoms with Crippen LogP contribution in [0, 0.1) is 10.1 Å². The summed E-state index contributed by atoms with van der Waals surface area (Å²) in [5.74, 6) is -0.469. The predicted molar refractivity (Wildman–Crippen MR) is 65.3 cm³/mol. The van der Waals surface area contributed by atoms with E-state index in [0.29, 0.717) is 12.8 Å². The van der Waals surface area contributed by atoms with E-state index >= 15 is 0 Å². The molecule has 1 aromatic heterocycles. The summed E-state index contributed by atoms with van der Waals surface area (Å²) in [4.78, 5) is 24.1. The molecule has 0 unspecified atom stereocenters. The lowest BCUT2D eigenvalue weighted by Crippen LogP contribution is -2.42. The Hall–Kier alpha value is -1.89. The van der Waals surface area contributed by atoms with Gasteiger partial charge in [-0.1, -0.05) is 13.8 Å². The number of amides is 1. The van der Waals surface area contributed by atoms with Crippen LogP contribution in [0.25, 0.3) is 0 Å². The monoisotopic (exact) mass is 255 g/mol. The van der Waals surface area contributed by atoms with Gasteiger partial charge in [0.15, 0.2) is 0 Å². The number of aliphatic hydroxyl groups is 1. The number of aromatic amines is 1. The Balaban J connectivity index is 2.62. The summed E-state index contributed by atoms with van der Waals surface area (Å²) in [5.41, 5.74) is -0.994. The van der Waals surface area contributed by atoms with Crippen molar-refractivity contribution in [1.82, 2.24) is 10.3 Å². The molecule has 0 aliphatic carbocycles. The van der Waals surface area contributed by atoms with Gasteiger partial charge in [0.1, 0.15) is 5.69 Å². The maximum Gasteiger partial charge on any atom is 0.287 e. The number of aromatic nitrogens is 1. The molecule has 1 rings (SSSR count). The van der Waals surface area contributed by atoms with E-state index in [1.54, 1.807) is 0 Å². The molecular formula is C11H17N3O4. The van der Waals surface area contributed by atoms with Crippen molar-refractivity contribution in [2.45, 2.75) is 32.3 Å². The van der Waals surface area contributed by atoms with Crippen molar-refractivity contribution in [3.05, 3.63) is 28.1 Å². The first-order chi connectivity index (χ1) is 8.41. The number of H-pyrrole nitrogens is 1. The molecule has 0 saturated heterocycles. The van der Waals surface area contributed by atoms with Crippen LogP contribution in [-0.2, 0) is 0 Å². The van der Waals surface area contributed by atoms with Gasteiger partial charge < -0.3 is 15.4 Å². The van der Waals surface area contributed by atoms with Gasteiger partial charge in [-0.05, 0) is 12.8 Å². The highest BCUT2D eigenvalue weighted by atomic mass is 16.6. The lowest BCUT2D eigenvalue weighted by Gasteiger charge is -2.25. The number of hydrogen-bond acceptors (Lipinski definition) is 4. The Morgan fingerprint density at radius 3 is 2.61 bits per heavy atom. The lowest BCUT2D eigenvalue weighted by atomic mass is 9.97. The minimum absolute atomic E-state index is 0.108. The average Bonchev–Trinajstić information content (AvgIpc) is 2.85. The summed E-state index contributed by atoms with van der Waals surface area (Å²) < 4.78 is 0. The van der Waals surface area contributed by atoms with E-state index in [0.717, 1.165) is 12.3 Å². The van der Waals surface area contributed by atoms with Gasteiger partial charge in [-0.3, -0.25) is 14.9 Å². The third-order valence-corrected chi connectivity index (χ3v) is 3.02. The fraction of sp³-hybridized carbons (Fsp3) is 0.545. The second kappa shape index (κ2) is 5.63. The van der Waals surface area contributed by atoms with E-state index in [-0.39, 0.29) is 17.9 Å². The van der Waals surface area contributed by atoms with Crippen molar-refractivity contribution >= 4 is 11.6 Å². The molecule has 100 valence electrons. The van der Waals surface area contributed by atoms with E-state index in [2.05, 4.69) is 10.3 Å². The Morgan fingerprint density at radius 1 is 1.56 bits per heavy atom. The van der Waals surface area contributed by atoms with E-state index < -0.39 is 16.4 Å². The van der Waals surface area contributed by atoms with Gasteiger partial charge in [0.2, 0.25) is 0 Å². The van der Waals surface area contributed by atoms with Crippen molar-refractivity contribution in [1.29, 1.82) is 0 Å². The maximum atomic E-state index is 11.7.